The molecule has 1 heterocycles. The molecule has 0 aromatic heterocycles. The fourth-order valence-electron chi connectivity index (χ4n) is 2.86. The molecule has 108 valence electrons. The molecule has 4 nitrogen and oxygen atoms in total. The summed E-state index contributed by atoms with van der Waals surface area (Å²) < 4.78 is 5.27. The van der Waals surface area contributed by atoms with Crippen LogP contribution in [0.15, 0.2) is 24.3 Å². The minimum absolute atomic E-state index is 0.00296. The summed E-state index contributed by atoms with van der Waals surface area (Å²) in [4.78, 5) is 14.0. The van der Waals surface area contributed by atoms with Crippen molar-refractivity contribution < 1.29 is 9.53 Å². The Hall–Kier alpha value is -1.55. The van der Waals surface area contributed by atoms with Crippen molar-refractivity contribution in [1.29, 1.82) is 0 Å². The molecular weight excluding hydrogens is 252 g/mol. The Morgan fingerprint density at radius 2 is 2.25 bits per heavy atom. The zero-order valence-electron chi connectivity index (χ0n) is 12.0. The summed E-state index contributed by atoms with van der Waals surface area (Å²) in [7, 11) is 1.67. The highest BCUT2D eigenvalue weighted by Gasteiger charge is 2.31. The largest absolute Gasteiger partial charge is 0.497 e. The lowest BCUT2D eigenvalue weighted by Gasteiger charge is -2.25. The summed E-state index contributed by atoms with van der Waals surface area (Å²) in [5.74, 6) is 1.96. The van der Waals surface area contributed by atoms with Crippen molar-refractivity contribution in [3.63, 3.8) is 0 Å². The van der Waals surface area contributed by atoms with Gasteiger partial charge in [-0.2, -0.15) is 0 Å². The Morgan fingerprint density at radius 1 is 1.40 bits per heavy atom. The summed E-state index contributed by atoms with van der Waals surface area (Å²) >= 11 is 0. The first kappa shape index (κ1) is 13.4. The molecule has 0 radical (unpaired) electrons. The molecule has 1 unspecified atom stereocenters. The predicted octanol–water partition coefficient (Wildman–Crippen LogP) is 2.32. The zero-order valence-corrected chi connectivity index (χ0v) is 12.0. The van der Waals surface area contributed by atoms with Crippen molar-refractivity contribution in [3.05, 3.63) is 29.8 Å². The van der Waals surface area contributed by atoms with E-state index < -0.39 is 0 Å². The van der Waals surface area contributed by atoms with Crippen LogP contribution in [0.5, 0.6) is 5.75 Å². The smallest absolute Gasteiger partial charge is 0.238 e. The van der Waals surface area contributed by atoms with Gasteiger partial charge in [0.25, 0.3) is 0 Å². The first-order chi connectivity index (χ1) is 9.78. The lowest BCUT2D eigenvalue weighted by atomic mass is 10.1. The molecule has 1 atom stereocenters. The first-order valence-electron chi connectivity index (χ1n) is 7.45. The standard InChI is InChI=1S/C16H22N2O2/c1-20-14-6-2-5-13(10-14)16-17-11-15(19)18(16)9-3-4-12-7-8-12/h2,5-6,10,12,16-17H,3-4,7-9,11H2,1H3. The molecule has 20 heavy (non-hydrogen) atoms. The number of benzene rings is 1. The lowest BCUT2D eigenvalue weighted by Crippen LogP contribution is -2.31. The first-order valence-corrected chi connectivity index (χ1v) is 7.45. The van der Waals surface area contributed by atoms with E-state index in [9.17, 15) is 4.79 Å². The second-order valence-corrected chi connectivity index (χ2v) is 5.73. The molecule has 1 aromatic carbocycles. The number of methoxy groups -OCH3 is 1. The second-order valence-electron chi connectivity index (χ2n) is 5.73. The van der Waals surface area contributed by atoms with Crippen LogP contribution in [0.4, 0.5) is 0 Å². The third kappa shape index (κ3) is 2.96. The van der Waals surface area contributed by atoms with E-state index in [1.807, 2.05) is 29.2 Å². The maximum absolute atomic E-state index is 12.0. The maximum Gasteiger partial charge on any atom is 0.238 e. The fraction of sp³-hybridized carbons (Fsp3) is 0.562. The van der Waals surface area contributed by atoms with E-state index in [1.54, 1.807) is 7.11 Å². The van der Waals surface area contributed by atoms with Gasteiger partial charge in [-0.15, -0.1) is 0 Å². The SMILES string of the molecule is COc1cccc(C2NCC(=O)N2CCCC2CC2)c1. The topological polar surface area (TPSA) is 41.6 Å². The van der Waals surface area contributed by atoms with Crippen molar-refractivity contribution in [2.24, 2.45) is 5.92 Å². The predicted molar refractivity (Wildman–Crippen MR) is 77.4 cm³/mol. The van der Waals surface area contributed by atoms with Crippen LogP contribution >= 0.6 is 0 Å². The molecule has 1 aliphatic carbocycles. The van der Waals surface area contributed by atoms with Gasteiger partial charge in [0.2, 0.25) is 5.91 Å². The highest BCUT2D eigenvalue weighted by atomic mass is 16.5. The van der Waals surface area contributed by atoms with Gasteiger partial charge < -0.3 is 9.64 Å². The second kappa shape index (κ2) is 5.83. The molecule has 2 aliphatic rings. The molecule has 0 bridgehead atoms. The van der Waals surface area contributed by atoms with E-state index in [-0.39, 0.29) is 12.1 Å². The lowest BCUT2D eigenvalue weighted by molar-refractivity contribution is -0.128. The van der Waals surface area contributed by atoms with Gasteiger partial charge in [0.1, 0.15) is 11.9 Å². The highest BCUT2D eigenvalue weighted by molar-refractivity contribution is 5.80. The monoisotopic (exact) mass is 274 g/mol. The molecular formula is C16H22N2O2. The number of carbonyl (C=O) groups is 1. The number of nitrogens with zero attached hydrogens (tertiary/aromatic N) is 1. The molecule has 3 rings (SSSR count). The van der Waals surface area contributed by atoms with Gasteiger partial charge >= 0.3 is 0 Å². The number of carbonyl (C=O) groups excluding carboxylic acids is 1. The van der Waals surface area contributed by atoms with Gasteiger partial charge in [-0.1, -0.05) is 25.0 Å². The summed E-state index contributed by atoms with van der Waals surface area (Å²) in [5.41, 5.74) is 1.10. The molecule has 1 saturated carbocycles. The van der Waals surface area contributed by atoms with Crippen LogP contribution < -0.4 is 10.1 Å². The van der Waals surface area contributed by atoms with Crippen LogP contribution in [-0.2, 0) is 4.79 Å². The number of nitrogens with one attached hydrogen (secondary N) is 1. The summed E-state index contributed by atoms with van der Waals surface area (Å²) in [6.45, 7) is 1.29. The van der Waals surface area contributed by atoms with Crippen LogP contribution in [0, 0.1) is 5.92 Å². The van der Waals surface area contributed by atoms with E-state index in [2.05, 4.69) is 5.32 Å². The summed E-state index contributed by atoms with van der Waals surface area (Å²) in [6.07, 6.45) is 5.13. The van der Waals surface area contributed by atoms with E-state index >= 15 is 0 Å². The Bertz CT molecular complexity index is 485. The van der Waals surface area contributed by atoms with Crippen LogP contribution in [0.2, 0.25) is 0 Å². The van der Waals surface area contributed by atoms with Gasteiger partial charge in [-0.25, -0.2) is 0 Å². The van der Waals surface area contributed by atoms with E-state index in [0.29, 0.717) is 6.54 Å². The number of hydrogen-bond acceptors (Lipinski definition) is 3. The maximum atomic E-state index is 12.0. The van der Waals surface area contributed by atoms with Crippen molar-refractivity contribution in [2.75, 3.05) is 20.2 Å². The minimum atomic E-state index is -0.00296. The molecule has 2 fully saturated rings. The van der Waals surface area contributed by atoms with Crippen LogP contribution in [0.25, 0.3) is 0 Å². The van der Waals surface area contributed by atoms with Crippen LogP contribution in [0.3, 0.4) is 0 Å². The van der Waals surface area contributed by atoms with Gasteiger partial charge in [0.05, 0.1) is 13.7 Å². The highest BCUT2D eigenvalue weighted by Crippen LogP contribution is 2.34. The molecule has 1 amide bonds. The average molecular weight is 274 g/mol. The van der Waals surface area contributed by atoms with Gasteiger partial charge in [0.15, 0.2) is 0 Å². The zero-order chi connectivity index (χ0) is 13.9. The number of ether oxygens (including phenoxy) is 1. The third-order valence-electron chi connectivity index (χ3n) is 4.20. The quantitative estimate of drug-likeness (QED) is 0.865. The van der Waals surface area contributed by atoms with Crippen LogP contribution in [0.1, 0.15) is 37.4 Å². The number of amides is 1. The van der Waals surface area contributed by atoms with Gasteiger partial charge in [-0.05, 0) is 36.5 Å². The van der Waals surface area contributed by atoms with E-state index in [0.717, 1.165) is 30.2 Å². The van der Waals surface area contributed by atoms with Crippen molar-refractivity contribution in [3.8, 4) is 5.75 Å². The number of hydrogen-bond donors (Lipinski definition) is 1. The van der Waals surface area contributed by atoms with E-state index in [1.165, 1.54) is 19.3 Å². The Kier molecular flexibility index (Phi) is 3.92. The number of rotatable bonds is 6. The molecule has 1 saturated heterocycles. The van der Waals surface area contributed by atoms with Crippen molar-refractivity contribution >= 4 is 5.91 Å². The molecule has 1 N–H and O–H groups in total. The average Bonchev–Trinajstić information content (AvgIpc) is 3.23. The van der Waals surface area contributed by atoms with Crippen molar-refractivity contribution in [1.82, 2.24) is 10.2 Å². The molecule has 1 aromatic rings. The summed E-state index contributed by atoms with van der Waals surface area (Å²) in [5, 5.41) is 3.30. The Balaban J connectivity index is 1.67. The molecule has 0 spiro atoms. The van der Waals surface area contributed by atoms with Crippen molar-refractivity contribution in [2.45, 2.75) is 31.8 Å². The fourth-order valence-corrected chi connectivity index (χ4v) is 2.86. The third-order valence-corrected chi connectivity index (χ3v) is 4.20. The minimum Gasteiger partial charge on any atom is -0.497 e. The van der Waals surface area contributed by atoms with Crippen LogP contribution in [-0.4, -0.2) is 31.0 Å². The molecule has 1 aliphatic heterocycles. The van der Waals surface area contributed by atoms with E-state index in [4.69, 9.17) is 4.74 Å². The van der Waals surface area contributed by atoms with Gasteiger partial charge in [-0.3, -0.25) is 10.1 Å². The Morgan fingerprint density at radius 3 is 3.00 bits per heavy atom. The van der Waals surface area contributed by atoms with Gasteiger partial charge in [0, 0.05) is 6.54 Å². The normalized spacial score (nSPS) is 22.4. The summed E-state index contributed by atoms with van der Waals surface area (Å²) in [6, 6.07) is 7.95. The molecule has 4 heteroatoms. The Labute approximate surface area is 120 Å².